The van der Waals surface area contributed by atoms with Gasteiger partial charge in [-0.15, -0.1) is 0 Å². The van der Waals surface area contributed by atoms with Crippen molar-refractivity contribution in [3.8, 4) is 0 Å². The average molecular weight is 530 g/mol. The Bertz CT molecular complexity index is 390. The van der Waals surface area contributed by atoms with Gasteiger partial charge in [0.05, 0.1) is 0 Å². The molecule has 0 nitrogen and oxygen atoms in total. The van der Waals surface area contributed by atoms with Crippen molar-refractivity contribution in [3.05, 3.63) is 0 Å². The third kappa shape index (κ3) is 24.0. The summed E-state index contributed by atoms with van der Waals surface area (Å²) in [5.41, 5.74) is 0. The first-order valence-electron chi connectivity index (χ1n) is 15.3. The Kier molecular flexibility index (Phi) is 23.2. The molecule has 0 saturated heterocycles. The van der Waals surface area contributed by atoms with Crippen LogP contribution in [0.25, 0.3) is 0 Å². The van der Waals surface area contributed by atoms with E-state index in [0.717, 1.165) is 35.5 Å². The summed E-state index contributed by atoms with van der Waals surface area (Å²) in [7, 11) is 0. The van der Waals surface area contributed by atoms with Crippen LogP contribution in [0.3, 0.4) is 0 Å². The Labute approximate surface area is 220 Å². The highest BCUT2D eigenvalue weighted by Crippen LogP contribution is 2.24. The van der Waals surface area contributed by atoms with Crippen molar-refractivity contribution < 1.29 is 0 Å². The first-order valence-corrected chi connectivity index (χ1v) is 16.4. The van der Waals surface area contributed by atoms with Crippen LogP contribution >= 0.6 is 15.9 Å². The lowest BCUT2D eigenvalue weighted by atomic mass is 9.90. The average Bonchev–Trinajstić information content (AvgIpc) is 2.75. The summed E-state index contributed by atoms with van der Waals surface area (Å²) in [5.74, 6) is 5.53. The van der Waals surface area contributed by atoms with Gasteiger partial charge in [0.25, 0.3) is 0 Å². The Morgan fingerprint density at radius 3 is 0.848 bits per heavy atom. The first-order chi connectivity index (χ1) is 15.7. The highest BCUT2D eigenvalue weighted by Gasteiger charge is 2.09. The Morgan fingerprint density at radius 2 is 0.576 bits per heavy atom. The normalized spacial score (nSPS) is 16.6. The molecule has 33 heavy (non-hydrogen) atoms. The van der Waals surface area contributed by atoms with Crippen molar-refractivity contribution in [3.63, 3.8) is 0 Å². The van der Waals surface area contributed by atoms with E-state index < -0.39 is 0 Å². The van der Waals surface area contributed by atoms with Gasteiger partial charge in [0, 0.05) is 5.33 Å². The van der Waals surface area contributed by atoms with Gasteiger partial charge >= 0.3 is 0 Å². The summed E-state index contributed by atoms with van der Waals surface area (Å²) in [6.07, 6.45) is 25.9. The number of alkyl halides is 1. The molecule has 0 aromatic rings. The molecule has 5 atom stereocenters. The maximum atomic E-state index is 3.56. The second-order valence-corrected chi connectivity index (χ2v) is 13.6. The van der Waals surface area contributed by atoms with Crippen LogP contribution in [0.2, 0.25) is 0 Å². The first kappa shape index (κ1) is 33.5. The molecular weight excluding hydrogens is 464 g/mol. The van der Waals surface area contributed by atoms with Crippen LogP contribution < -0.4 is 0 Å². The molecule has 0 radical (unpaired) electrons. The highest BCUT2D eigenvalue weighted by atomic mass is 79.9. The SMILES string of the molecule is CC(C)CCCC(C)CCCC(C)CCCCC(C)CCCC(C)CCCC(C)CCCBr. The largest absolute Gasteiger partial charge is 0.0928 e. The van der Waals surface area contributed by atoms with Crippen LogP contribution in [0.1, 0.15) is 164 Å². The van der Waals surface area contributed by atoms with Crippen molar-refractivity contribution in [2.24, 2.45) is 35.5 Å². The summed E-state index contributed by atoms with van der Waals surface area (Å²) in [4.78, 5) is 0. The highest BCUT2D eigenvalue weighted by molar-refractivity contribution is 9.09. The lowest BCUT2D eigenvalue weighted by Crippen LogP contribution is -2.02. The monoisotopic (exact) mass is 528 g/mol. The smallest absolute Gasteiger partial charge is 0.00314 e. The molecule has 200 valence electrons. The molecule has 0 aromatic carbocycles. The van der Waals surface area contributed by atoms with Crippen molar-refractivity contribution >= 4 is 15.9 Å². The predicted octanol–water partition coefficient (Wildman–Crippen LogP) is 12.2. The van der Waals surface area contributed by atoms with Gasteiger partial charge in [0.1, 0.15) is 0 Å². The summed E-state index contributed by atoms with van der Waals surface area (Å²) in [6, 6.07) is 0. The second-order valence-electron chi connectivity index (χ2n) is 12.8. The van der Waals surface area contributed by atoms with Crippen LogP contribution in [0.15, 0.2) is 0 Å². The minimum absolute atomic E-state index is 0.876. The minimum Gasteiger partial charge on any atom is -0.0928 e. The van der Waals surface area contributed by atoms with Gasteiger partial charge in [0.15, 0.2) is 0 Å². The topological polar surface area (TPSA) is 0 Å². The quantitative estimate of drug-likeness (QED) is 0.0861. The molecule has 1 heteroatoms. The van der Waals surface area contributed by atoms with E-state index in [1.165, 1.54) is 121 Å². The Balaban J connectivity index is 3.57. The molecule has 0 bridgehead atoms. The minimum atomic E-state index is 0.876. The molecule has 0 aliphatic heterocycles. The molecule has 0 aliphatic carbocycles. The maximum Gasteiger partial charge on any atom is 0.00314 e. The van der Waals surface area contributed by atoms with E-state index in [2.05, 4.69) is 64.4 Å². The standard InChI is InChI=1S/C32H65Br/c1-27(2)15-10-18-30(5)21-11-19-28(3)16-8-9-17-29(4)20-12-22-31(6)23-13-24-32(7)25-14-26-33/h27-32H,8-26H2,1-7H3. The zero-order valence-electron chi connectivity index (χ0n) is 24.3. The van der Waals surface area contributed by atoms with E-state index in [9.17, 15) is 0 Å². The second kappa shape index (κ2) is 22.9. The zero-order chi connectivity index (χ0) is 24.9. The van der Waals surface area contributed by atoms with Crippen molar-refractivity contribution in [1.82, 2.24) is 0 Å². The number of rotatable bonds is 24. The fourth-order valence-corrected chi connectivity index (χ4v) is 5.78. The Hall–Kier alpha value is 0.480. The van der Waals surface area contributed by atoms with Gasteiger partial charge in [-0.05, 0) is 48.3 Å². The number of hydrogen-bond acceptors (Lipinski definition) is 0. The van der Waals surface area contributed by atoms with E-state index in [4.69, 9.17) is 0 Å². The molecule has 0 saturated carbocycles. The van der Waals surface area contributed by atoms with Gasteiger partial charge in [-0.2, -0.15) is 0 Å². The lowest BCUT2D eigenvalue weighted by molar-refractivity contribution is 0.366. The van der Waals surface area contributed by atoms with Gasteiger partial charge < -0.3 is 0 Å². The lowest BCUT2D eigenvalue weighted by Gasteiger charge is -2.17. The molecule has 0 aliphatic rings. The fourth-order valence-electron chi connectivity index (χ4n) is 5.45. The molecule has 0 rings (SSSR count). The van der Waals surface area contributed by atoms with E-state index in [1.54, 1.807) is 0 Å². The summed E-state index contributed by atoms with van der Waals surface area (Å²) >= 11 is 3.56. The Morgan fingerprint density at radius 1 is 0.333 bits per heavy atom. The van der Waals surface area contributed by atoms with Crippen LogP contribution in [0.4, 0.5) is 0 Å². The van der Waals surface area contributed by atoms with Gasteiger partial charge in [-0.3, -0.25) is 0 Å². The third-order valence-electron chi connectivity index (χ3n) is 8.13. The van der Waals surface area contributed by atoms with Crippen molar-refractivity contribution in [1.29, 1.82) is 0 Å². The molecule has 5 unspecified atom stereocenters. The van der Waals surface area contributed by atoms with Crippen LogP contribution in [0.5, 0.6) is 0 Å². The predicted molar refractivity (Wildman–Crippen MR) is 158 cm³/mol. The maximum absolute atomic E-state index is 3.56. The van der Waals surface area contributed by atoms with E-state index in [1.807, 2.05) is 0 Å². The molecule has 0 spiro atoms. The molecule has 0 amide bonds. The third-order valence-corrected chi connectivity index (χ3v) is 8.70. The molecule has 0 heterocycles. The van der Waals surface area contributed by atoms with Gasteiger partial charge in [-0.25, -0.2) is 0 Å². The summed E-state index contributed by atoms with van der Waals surface area (Å²) in [5, 5.41) is 1.17. The van der Waals surface area contributed by atoms with Crippen LogP contribution in [-0.2, 0) is 0 Å². The number of hydrogen-bond donors (Lipinski definition) is 0. The zero-order valence-corrected chi connectivity index (χ0v) is 25.9. The molecule has 0 N–H and O–H groups in total. The van der Waals surface area contributed by atoms with Gasteiger partial charge in [0.2, 0.25) is 0 Å². The van der Waals surface area contributed by atoms with Gasteiger partial charge in [-0.1, -0.05) is 167 Å². The van der Waals surface area contributed by atoms with Crippen LogP contribution in [-0.4, -0.2) is 5.33 Å². The molecule has 0 aromatic heterocycles. The fraction of sp³-hybridized carbons (Fsp3) is 1.00. The summed E-state index contributed by atoms with van der Waals surface area (Å²) in [6.45, 7) is 17.1. The van der Waals surface area contributed by atoms with E-state index in [0.29, 0.717) is 0 Å². The molecular formula is C32H65Br. The number of unbranched alkanes of at least 4 members (excludes halogenated alkanes) is 1. The van der Waals surface area contributed by atoms with Crippen LogP contribution in [0, 0.1) is 35.5 Å². The summed E-state index contributed by atoms with van der Waals surface area (Å²) < 4.78 is 0. The van der Waals surface area contributed by atoms with Crippen molar-refractivity contribution in [2.75, 3.05) is 5.33 Å². The molecule has 0 fully saturated rings. The van der Waals surface area contributed by atoms with E-state index >= 15 is 0 Å². The number of halogens is 1. The van der Waals surface area contributed by atoms with Crippen molar-refractivity contribution in [2.45, 2.75) is 164 Å². The van der Waals surface area contributed by atoms with E-state index in [-0.39, 0.29) is 0 Å².